The molecule has 168 valence electrons. The molecule has 0 radical (unpaired) electrons. The molecule has 4 heterocycles. The van der Waals surface area contributed by atoms with Crippen molar-refractivity contribution in [1.82, 2.24) is 29.9 Å². The van der Waals surface area contributed by atoms with Gasteiger partial charge in [-0.3, -0.25) is 0 Å². The molecule has 4 rings (SSSR count). The summed E-state index contributed by atoms with van der Waals surface area (Å²) in [6, 6.07) is 3.17. The van der Waals surface area contributed by atoms with Gasteiger partial charge in [-0.05, 0) is 35.6 Å². The van der Waals surface area contributed by atoms with E-state index in [0.717, 1.165) is 12.3 Å². The van der Waals surface area contributed by atoms with Crippen LogP contribution in [0.4, 0.5) is 19.1 Å². The maximum absolute atomic E-state index is 13.2. The van der Waals surface area contributed by atoms with Crippen LogP contribution in [0, 0.1) is 11.3 Å². The van der Waals surface area contributed by atoms with Crippen molar-refractivity contribution in [2.24, 2.45) is 0 Å². The van der Waals surface area contributed by atoms with Crippen molar-refractivity contribution in [1.29, 1.82) is 5.26 Å². The number of aromatic nitrogens is 6. The highest BCUT2D eigenvalue weighted by molar-refractivity contribution is 14.1. The number of nitrogens with zero attached hydrogens (tertiary/aromatic N) is 6. The topological polar surface area (TPSA) is 125 Å². The molecule has 0 aliphatic heterocycles. The Labute approximate surface area is 198 Å². The maximum Gasteiger partial charge on any atom is 0.417 e. The van der Waals surface area contributed by atoms with E-state index in [1.165, 1.54) is 19.5 Å². The Morgan fingerprint density at radius 2 is 1.79 bits per heavy atom. The first-order valence-electron chi connectivity index (χ1n) is 9.28. The maximum atomic E-state index is 13.2. The van der Waals surface area contributed by atoms with Gasteiger partial charge < -0.3 is 15.0 Å². The van der Waals surface area contributed by atoms with E-state index in [2.05, 4.69) is 57.8 Å². The molecular weight excluding hydrogens is 552 g/mol. The molecule has 0 aliphatic rings. The number of aromatic amines is 1. The molecule has 0 saturated heterocycles. The standard InChI is InChI=1S/C20H14F3IN8O/c1-19(24,12-7-29-18(33-2)30-8-12)32-17-28-5-10(4-25)15(31-17)14-9-27-16-13(14)3-11(6-26-16)20(21,22)23/h3,5-9H,1-2H3,(H,26,27)(H,28,31,32). The highest BCUT2D eigenvalue weighted by Crippen LogP contribution is 2.36. The van der Waals surface area contributed by atoms with E-state index in [9.17, 15) is 18.4 Å². The van der Waals surface area contributed by atoms with E-state index in [1.54, 1.807) is 12.4 Å². The van der Waals surface area contributed by atoms with Gasteiger partial charge in [-0.25, -0.2) is 24.9 Å². The summed E-state index contributed by atoms with van der Waals surface area (Å²) in [5, 5.41) is 12.9. The number of ether oxygens (including phenoxy) is 1. The van der Waals surface area contributed by atoms with Crippen molar-refractivity contribution in [2.75, 3.05) is 12.4 Å². The zero-order valence-corrected chi connectivity index (χ0v) is 19.2. The smallest absolute Gasteiger partial charge is 0.417 e. The van der Waals surface area contributed by atoms with Crippen LogP contribution in [0.5, 0.6) is 6.01 Å². The number of H-pyrrole nitrogens is 1. The first kappa shape index (κ1) is 22.6. The number of rotatable bonds is 5. The van der Waals surface area contributed by atoms with Gasteiger partial charge in [0.25, 0.3) is 0 Å². The quantitative estimate of drug-likeness (QED) is 0.207. The first-order chi connectivity index (χ1) is 15.6. The number of alkyl halides is 4. The third-order valence-corrected chi connectivity index (χ3v) is 5.61. The van der Waals surface area contributed by atoms with E-state index in [-0.39, 0.29) is 34.2 Å². The molecule has 0 saturated carbocycles. The van der Waals surface area contributed by atoms with Gasteiger partial charge in [-0.2, -0.15) is 18.4 Å². The molecule has 0 aromatic carbocycles. The predicted molar refractivity (Wildman–Crippen MR) is 120 cm³/mol. The summed E-state index contributed by atoms with van der Waals surface area (Å²) in [4.78, 5) is 23.4. The van der Waals surface area contributed by atoms with Gasteiger partial charge in [-0.1, -0.05) is 0 Å². The van der Waals surface area contributed by atoms with Crippen LogP contribution < -0.4 is 10.1 Å². The molecule has 4 aromatic rings. The third kappa shape index (κ3) is 4.51. The minimum Gasteiger partial charge on any atom is -0.467 e. The van der Waals surface area contributed by atoms with Gasteiger partial charge in [0.15, 0.2) is 0 Å². The van der Waals surface area contributed by atoms with Crippen LogP contribution in [0.3, 0.4) is 0 Å². The summed E-state index contributed by atoms with van der Waals surface area (Å²) in [7, 11) is 1.46. The third-order valence-electron chi connectivity index (χ3n) is 4.72. The second kappa shape index (κ2) is 8.43. The van der Waals surface area contributed by atoms with E-state index >= 15 is 0 Å². The number of fused-ring (bicyclic) bond motifs is 1. The monoisotopic (exact) mass is 566 g/mol. The average Bonchev–Trinajstić information content (AvgIpc) is 3.21. The Bertz CT molecular complexity index is 1360. The molecular formula is C20H14F3IN8O. The Morgan fingerprint density at radius 3 is 2.42 bits per heavy atom. The van der Waals surface area contributed by atoms with Crippen molar-refractivity contribution >= 4 is 39.6 Å². The van der Waals surface area contributed by atoms with E-state index in [4.69, 9.17) is 4.74 Å². The normalized spacial score (nSPS) is 13.4. The number of hydrogen-bond donors (Lipinski definition) is 2. The van der Waals surface area contributed by atoms with Crippen molar-refractivity contribution in [3.63, 3.8) is 0 Å². The molecule has 0 fully saturated rings. The molecule has 2 N–H and O–H groups in total. The van der Waals surface area contributed by atoms with Gasteiger partial charge in [-0.15, -0.1) is 0 Å². The summed E-state index contributed by atoms with van der Waals surface area (Å²) in [6.45, 7) is 1.84. The lowest BCUT2D eigenvalue weighted by molar-refractivity contribution is -0.137. The van der Waals surface area contributed by atoms with Gasteiger partial charge in [0.2, 0.25) is 5.95 Å². The Morgan fingerprint density at radius 1 is 1.09 bits per heavy atom. The Hall–Kier alpha value is -3.54. The summed E-state index contributed by atoms with van der Waals surface area (Å²) >= 11 is 2.12. The van der Waals surface area contributed by atoms with Crippen LogP contribution in [0.2, 0.25) is 0 Å². The second-order valence-corrected chi connectivity index (χ2v) is 9.13. The zero-order chi connectivity index (χ0) is 23.8. The molecule has 33 heavy (non-hydrogen) atoms. The number of hydrogen-bond acceptors (Lipinski definition) is 8. The summed E-state index contributed by atoms with van der Waals surface area (Å²) < 4.78 is 43.8. The van der Waals surface area contributed by atoms with Gasteiger partial charge in [0, 0.05) is 41.3 Å². The van der Waals surface area contributed by atoms with Crippen molar-refractivity contribution in [3.05, 3.63) is 53.7 Å². The number of anilines is 1. The number of halogens is 4. The van der Waals surface area contributed by atoms with Crippen LogP contribution in [0.25, 0.3) is 22.3 Å². The van der Waals surface area contributed by atoms with Crippen LogP contribution >= 0.6 is 22.6 Å². The molecule has 13 heteroatoms. The van der Waals surface area contributed by atoms with Crippen LogP contribution in [0.1, 0.15) is 23.6 Å². The molecule has 0 amide bonds. The molecule has 0 aliphatic carbocycles. The minimum atomic E-state index is -4.56. The van der Waals surface area contributed by atoms with Crippen LogP contribution in [-0.4, -0.2) is 37.0 Å². The van der Waals surface area contributed by atoms with Crippen molar-refractivity contribution in [3.8, 4) is 23.3 Å². The SMILES string of the molecule is COc1ncc(C(C)(I)Nc2ncc(C#N)c(-c3c[nH]c4ncc(C(F)(F)F)cc34)n2)cn1. The van der Waals surface area contributed by atoms with Crippen molar-refractivity contribution in [2.45, 2.75) is 16.6 Å². The molecule has 1 unspecified atom stereocenters. The van der Waals surface area contributed by atoms with Gasteiger partial charge >= 0.3 is 12.2 Å². The number of nitrogens with one attached hydrogen (secondary N) is 2. The minimum absolute atomic E-state index is 0.0989. The Kier molecular flexibility index (Phi) is 5.78. The average molecular weight is 566 g/mol. The van der Waals surface area contributed by atoms with E-state index in [0.29, 0.717) is 11.1 Å². The fourth-order valence-corrected chi connectivity index (χ4v) is 3.55. The number of pyridine rings is 1. The lowest BCUT2D eigenvalue weighted by Crippen LogP contribution is -2.26. The summed E-state index contributed by atoms with van der Waals surface area (Å²) in [6.07, 6.45) is 2.13. The fourth-order valence-electron chi connectivity index (χ4n) is 3.03. The molecule has 0 bridgehead atoms. The van der Waals surface area contributed by atoms with E-state index < -0.39 is 15.3 Å². The van der Waals surface area contributed by atoms with Crippen LogP contribution in [0.15, 0.2) is 37.1 Å². The highest BCUT2D eigenvalue weighted by Gasteiger charge is 2.32. The van der Waals surface area contributed by atoms with Gasteiger partial charge in [0.05, 0.1) is 30.1 Å². The fraction of sp³-hybridized carbons (Fsp3) is 0.200. The molecule has 9 nitrogen and oxygen atoms in total. The van der Waals surface area contributed by atoms with Gasteiger partial charge in [0.1, 0.15) is 15.3 Å². The largest absolute Gasteiger partial charge is 0.467 e. The second-order valence-electron chi connectivity index (χ2n) is 6.97. The summed E-state index contributed by atoms with van der Waals surface area (Å²) in [5.41, 5.74) is 0.602. The molecule has 1 atom stereocenters. The Balaban J connectivity index is 1.76. The van der Waals surface area contributed by atoms with Crippen LogP contribution in [-0.2, 0) is 9.72 Å². The molecule has 0 spiro atoms. The lowest BCUT2D eigenvalue weighted by Gasteiger charge is -2.24. The van der Waals surface area contributed by atoms with Crippen molar-refractivity contribution < 1.29 is 17.9 Å². The molecule has 4 aromatic heterocycles. The lowest BCUT2D eigenvalue weighted by atomic mass is 10.1. The van der Waals surface area contributed by atoms with E-state index in [1.807, 2.05) is 13.0 Å². The zero-order valence-electron chi connectivity index (χ0n) is 17.1. The number of methoxy groups -OCH3 is 1. The predicted octanol–water partition coefficient (Wildman–Crippen LogP) is 4.43. The first-order valence-corrected chi connectivity index (χ1v) is 10.4. The highest BCUT2D eigenvalue weighted by atomic mass is 127. The summed E-state index contributed by atoms with van der Waals surface area (Å²) in [5.74, 6) is 0.158. The number of nitriles is 1.